The van der Waals surface area contributed by atoms with Gasteiger partial charge in [0.1, 0.15) is 19.3 Å². The summed E-state index contributed by atoms with van der Waals surface area (Å²) in [6.45, 7) is 14.4. The summed E-state index contributed by atoms with van der Waals surface area (Å²) in [4.78, 5) is 73.2. The first-order valence-corrected chi connectivity index (χ1v) is 46.3. The zero-order valence-corrected chi connectivity index (χ0v) is 69.7. The third-order valence-corrected chi connectivity index (χ3v) is 22.2. The maximum absolute atomic E-state index is 13.1. The number of aliphatic hydroxyl groups is 1. The van der Waals surface area contributed by atoms with E-state index in [1.165, 1.54) is 238 Å². The van der Waals surface area contributed by atoms with Crippen molar-refractivity contribution in [2.45, 2.75) is 453 Å². The maximum atomic E-state index is 13.1. The first-order chi connectivity index (χ1) is 49.7. The van der Waals surface area contributed by atoms with Gasteiger partial charge in [0.25, 0.3) is 0 Å². The van der Waals surface area contributed by atoms with E-state index in [4.69, 9.17) is 37.0 Å². The zero-order valence-electron chi connectivity index (χ0n) is 68.0. The van der Waals surface area contributed by atoms with Crippen LogP contribution in [0.5, 0.6) is 0 Å². The van der Waals surface area contributed by atoms with Gasteiger partial charge in [0.15, 0.2) is 12.2 Å². The van der Waals surface area contributed by atoms with Crippen LogP contribution in [0.3, 0.4) is 0 Å². The van der Waals surface area contributed by atoms with Crippen molar-refractivity contribution in [1.82, 2.24) is 0 Å². The Morgan fingerprint density at radius 3 is 0.689 bits per heavy atom. The number of phosphoric ester groups is 2. The molecule has 0 bridgehead atoms. The van der Waals surface area contributed by atoms with Crippen LogP contribution in [0.2, 0.25) is 0 Å². The Balaban J connectivity index is 5.27. The highest BCUT2D eigenvalue weighted by molar-refractivity contribution is 7.47. The van der Waals surface area contributed by atoms with Gasteiger partial charge in [-0.15, -0.1) is 0 Å². The van der Waals surface area contributed by atoms with E-state index < -0.39 is 97.5 Å². The normalized spacial score (nSPS) is 14.5. The molecule has 7 atom stereocenters. The molecule has 0 aliphatic rings. The summed E-state index contributed by atoms with van der Waals surface area (Å²) in [6.07, 6.45) is 60.9. The molecule has 0 fully saturated rings. The van der Waals surface area contributed by atoms with Crippen LogP contribution in [0, 0.1) is 23.7 Å². The van der Waals surface area contributed by atoms with Crippen LogP contribution in [0.4, 0.5) is 0 Å². The smallest absolute Gasteiger partial charge is 0.462 e. The third-order valence-electron chi connectivity index (χ3n) is 20.3. The number of rotatable bonds is 81. The number of hydrogen-bond acceptors (Lipinski definition) is 15. The lowest BCUT2D eigenvalue weighted by Gasteiger charge is -2.21. The van der Waals surface area contributed by atoms with E-state index in [2.05, 4.69) is 55.4 Å². The Morgan fingerprint density at radius 2 is 0.466 bits per heavy atom. The fourth-order valence-electron chi connectivity index (χ4n) is 12.9. The topological polar surface area (TPSA) is 237 Å². The van der Waals surface area contributed by atoms with Crippen molar-refractivity contribution in [2.24, 2.45) is 23.7 Å². The fourth-order valence-corrected chi connectivity index (χ4v) is 14.5. The van der Waals surface area contributed by atoms with Crippen molar-refractivity contribution in [3.05, 3.63) is 0 Å². The summed E-state index contributed by atoms with van der Waals surface area (Å²) in [7, 11) is -9.93. The van der Waals surface area contributed by atoms with Gasteiger partial charge in [-0.05, 0) is 49.4 Å². The summed E-state index contributed by atoms with van der Waals surface area (Å²) in [5.74, 6) is 1.09. The van der Waals surface area contributed by atoms with Crippen LogP contribution in [0.25, 0.3) is 0 Å². The average Bonchev–Trinajstić information content (AvgIpc) is 0.906. The minimum atomic E-state index is -4.97. The van der Waals surface area contributed by atoms with Gasteiger partial charge in [-0.1, -0.05) is 383 Å². The molecule has 0 spiro atoms. The first kappa shape index (κ1) is 101. The third kappa shape index (κ3) is 75.3. The molecule has 612 valence electrons. The Labute approximate surface area is 632 Å². The van der Waals surface area contributed by atoms with E-state index in [9.17, 15) is 43.2 Å². The molecule has 0 aromatic heterocycles. The molecular formula is C84H164O17P2. The Morgan fingerprint density at radius 1 is 0.272 bits per heavy atom. The summed E-state index contributed by atoms with van der Waals surface area (Å²) in [6, 6.07) is 0. The van der Waals surface area contributed by atoms with Gasteiger partial charge in [0.05, 0.1) is 26.4 Å². The highest BCUT2D eigenvalue weighted by Gasteiger charge is 2.30. The van der Waals surface area contributed by atoms with E-state index in [1.54, 1.807) is 0 Å². The minimum absolute atomic E-state index is 0.106. The molecule has 103 heavy (non-hydrogen) atoms. The molecule has 0 saturated carbocycles. The molecule has 0 amide bonds. The molecule has 3 N–H and O–H groups in total. The number of esters is 4. The van der Waals surface area contributed by atoms with Crippen molar-refractivity contribution in [3.63, 3.8) is 0 Å². The number of hydrogen-bond donors (Lipinski definition) is 3. The lowest BCUT2D eigenvalue weighted by Crippen LogP contribution is -2.30. The molecule has 17 nitrogen and oxygen atoms in total. The van der Waals surface area contributed by atoms with Gasteiger partial charge in [-0.2, -0.15) is 0 Å². The second kappa shape index (κ2) is 72.9. The van der Waals surface area contributed by atoms with Crippen molar-refractivity contribution in [3.8, 4) is 0 Å². The van der Waals surface area contributed by atoms with Crippen molar-refractivity contribution in [1.29, 1.82) is 0 Å². The van der Waals surface area contributed by atoms with Gasteiger partial charge in [-0.25, -0.2) is 9.13 Å². The number of ether oxygens (including phenoxy) is 4. The van der Waals surface area contributed by atoms with Gasteiger partial charge in [0, 0.05) is 25.7 Å². The fraction of sp³-hybridized carbons (Fsp3) is 0.952. The summed E-state index contributed by atoms with van der Waals surface area (Å²) < 4.78 is 68.9. The SMILES string of the molecule is CCC(C)CCCCCCCCCCCCC(=O)O[C@H](COC(=O)CCCCCCCCCCC(C)CC)COP(=O)(O)OC[C@H](O)COP(=O)(O)OC[C@@H](COC(=O)CCCCCCCCCCCCCCCCCC(C)C)OC(=O)CCCCCCCCCCCCCCCCCCC(C)C. The summed E-state index contributed by atoms with van der Waals surface area (Å²) in [5, 5.41) is 10.7. The van der Waals surface area contributed by atoms with E-state index in [-0.39, 0.29) is 25.7 Å². The Hall–Kier alpha value is -1.94. The van der Waals surface area contributed by atoms with Gasteiger partial charge >= 0.3 is 39.5 Å². The zero-order chi connectivity index (χ0) is 76.0. The van der Waals surface area contributed by atoms with E-state index in [1.807, 2.05) is 0 Å². The number of carbonyl (C=O) groups is 4. The van der Waals surface area contributed by atoms with Crippen molar-refractivity contribution >= 4 is 39.5 Å². The molecule has 0 aromatic carbocycles. The lowest BCUT2D eigenvalue weighted by atomic mass is 9.99. The van der Waals surface area contributed by atoms with Gasteiger partial charge in [-0.3, -0.25) is 37.3 Å². The highest BCUT2D eigenvalue weighted by atomic mass is 31.2. The number of phosphoric acid groups is 2. The second-order valence-electron chi connectivity index (χ2n) is 31.7. The number of unbranched alkanes of at least 4 members (excludes halogenated alkanes) is 45. The number of carbonyl (C=O) groups excluding carboxylic acids is 4. The van der Waals surface area contributed by atoms with Crippen LogP contribution < -0.4 is 0 Å². The Bertz CT molecular complexity index is 2010. The van der Waals surface area contributed by atoms with E-state index >= 15 is 0 Å². The van der Waals surface area contributed by atoms with E-state index in [0.29, 0.717) is 25.7 Å². The van der Waals surface area contributed by atoms with Crippen molar-refractivity contribution < 1.29 is 80.2 Å². The van der Waals surface area contributed by atoms with E-state index in [0.717, 1.165) is 114 Å². The minimum Gasteiger partial charge on any atom is -0.462 e. The molecule has 0 radical (unpaired) electrons. The molecule has 4 unspecified atom stereocenters. The molecule has 0 aliphatic heterocycles. The largest absolute Gasteiger partial charge is 0.472 e. The molecule has 0 aromatic rings. The lowest BCUT2D eigenvalue weighted by molar-refractivity contribution is -0.161. The molecule has 19 heteroatoms. The molecule has 0 heterocycles. The summed E-state index contributed by atoms with van der Waals surface area (Å²) >= 11 is 0. The monoisotopic (exact) mass is 1510 g/mol. The maximum Gasteiger partial charge on any atom is 0.472 e. The van der Waals surface area contributed by atoms with Crippen LogP contribution in [-0.2, 0) is 65.4 Å². The first-order valence-electron chi connectivity index (χ1n) is 43.3. The average molecular weight is 1510 g/mol. The quantitative estimate of drug-likeness (QED) is 0.0222. The van der Waals surface area contributed by atoms with Crippen LogP contribution in [0.1, 0.15) is 434 Å². The van der Waals surface area contributed by atoms with Gasteiger partial charge in [0.2, 0.25) is 0 Å². The molecule has 0 aliphatic carbocycles. The molecular weight excluding hydrogens is 1340 g/mol. The van der Waals surface area contributed by atoms with Crippen LogP contribution in [0.15, 0.2) is 0 Å². The van der Waals surface area contributed by atoms with Crippen LogP contribution in [-0.4, -0.2) is 96.7 Å². The van der Waals surface area contributed by atoms with Crippen molar-refractivity contribution in [2.75, 3.05) is 39.6 Å². The second-order valence-corrected chi connectivity index (χ2v) is 34.6. The standard InChI is InChI=1S/C84H164O17P2/c1-9-76(7)62-54-46-38-30-26-27-33-43-51-59-67-84(89)101-80(71-95-82(87)65-57-49-41-35-34-39-47-55-63-77(8)10-2)73-99-103(92,93)97-69-78(85)68-96-102(90,91)98-72-79(70-94-81(86)64-56-48-40-31-24-20-17-13-15-19-23-29-37-45-53-61-75(5)6)100-83(88)66-58-50-42-32-25-21-16-12-11-14-18-22-28-36-44-52-60-74(3)4/h74-80,85H,9-73H2,1-8H3,(H,90,91)(H,92,93)/t76?,77?,78-,79-,80-/m1/s1. The number of aliphatic hydroxyl groups excluding tert-OH is 1. The summed E-state index contributed by atoms with van der Waals surface area (Å²) in [5.41, 5.74) is 0. The molecule has 0 saturated heterocycles. The van der Waals surface area contributed by atoms with Gasteiger partial charge < -0.3 is 33.8 Å². The molecule has 0 rings (SSSR count). The Kier molecular flexibility index (Phi) is 71.5. The highest BCUT2D eigenvalue weighted by Crippen LogP contribution is 2.45. The van der Waals surface area contributed by atoms with Crippen LogP contribution >= 0.6 is 15.6 Å². The predicted octanol–water partition coefficient (Wildman–Crippen LogP) is 25.2. The predicted molar refractivity (Wildman–Crippen MR) is 423 cm³/mol.